The lowest BCUT2D eigenvalue weighted by atomic mass is 9.87. The van der Waals surface area contributed by atoms with Crippen LogP contribution in [-0.4, -0.2) is 23.3 Å². The highest BCUT2D eigenvalue weighted by Crippen LogP contribution is 2.44. The molecule has 0 radical (unpaired) electrons. The van der Waals surface area contributed by atoms with Crippen molar-refractivity contribution in [3.8, 4) is 0 Å². The molecule has 1 atom stereocenters. The zero-order chi connectivity index (χ0) is 18.4. The van der Waals surface area contributed by atoms with Gasteiger partial charge in [-0.3, -0.25) is 9.59 Å². The summed E-state index contributed by atoms with van der Waals surface area (Å²) in [6.45, 7) is 7.37. The molecule has 1 amide bonds. The summed E-state index contributed by atoms with van der Waals surface area (Å²) >= 11 is 3.36. The van der Waals surface area contributed by atoms with Gasteiger partial charge >= 0.3 is 0 Å². The number of anilines is 1. The predicted molar refractivity (Wildman–Crippen MR) is 97.7 cm³/mol. The third-order valence-corrected chi connectivity index (χ3v) is 4.95. The number of nitrogens with zero attached hydrogens (tertiary/aromatic N) is 1. The Kier molecular flexibility index (Phi) is 4.43. The number of hydrogen-bond donors (Lipinski definition) is 1. The van der Waals surface area contributed by atoms with Gasteiger partial charge in [0.15, 0.2) is 11.4 Å². The van der Waals surface area contributed by atoms with E-state index in [1.54, 1.807) is 38.1 Å². The van der Waals surface area contributed by atoms with Gasteiger partial charge in [-0.15, -0.1) is 6.58 Å². The van der Waals surface area contributed by atoms with Gasteiger partial charge in [-0.2, -0.15) is 0 Å². The van der Waals surface area contributed by atoms with E-state index < -0.39 is 11.5 Å². The maximum Gasteiger partial charge on any atom is 0.264 e. The molecule has 0 bridgehead atoms. The van der Waals surface area contributed by atoms with E-state index in [-0.39, 0.29) is 18.7 Å². The lowest BCUT2D eigenvalue weighted by Gasteiger charge is -2.22. The molecule has 0 spiro atoms. The van der Waals surface area contributed by atoms with E-state index in [4.69, 9.17) is 4.42 Å². The Bertz CT molecular complexity index is 866. The maximum absolute atomic E-state index is 12.9. The average molecular weight is 404 g/mol. The molecule has 0 unspecified atom stereocenters. The van der Waals surface area contributed by atoms with E-state index in [9.17, 15) is 14.7 Å². The number of aliphatic hydroxyl groups is 1. The van der Waals surface area contributed by atoms with Crippen LogP contribution in [0, 0.1) is 13.8 Å². The highest BCUT2D eigenvalue weighted by atomic mass is 79.9. The highest BCUT2D eigenvalue weighted by molar-refractivity contribution is 9.10. The first-order chi connectivity index (χ1) is 11.8. The van der Waals surface area contributed by atoms with Gasteiger partial charge in [-0.1, -0.05) is 22.0 Å². The van der Waals surface area contributed by atoms with Crippen molar-refractivity contribution < 1.29 is 19.1 Å². The predicted octanol–water partition coefficient (Wildman–Crippen LogP) is 3.65. The van der Waals surface area contributed by atoms with Gasteiger partial charge in [0.1, 0.15) is 5.76 Å². The molecule has 1 aromatic heterocycles. The monoisotopic (exact) mass is 403 g/mol. The van der Waals surface area contributed by atoms with E-state index in [0.717, 1.165) is 4.47 Å². The minimum absolute atomic E-state index is 0.258. The number of halogens is 1. The molecule has 2 heterocycles. The lowest BCUT2D eigenvalue weighted by molar-refractivity contribution is -0.135. The normalized spacial score (nSPS) is 19.2. The summed E-state index contributed by atoms with van der Waals surface area (Å²) in [6.07, 6.45) is 2.74. The number of fused-ring (bicyclic) bond motifs is 1. The first-order valence-electron chi connectivity index (χ1n) is 7.82. The van der Waals surface area contributed by atoms with Crippen LogP contribution in [0.25, 0.3) is 0 Å². The van der Waals surface area contributed by atoms with Crippen LogP contribution in [0.1, 0.15) is 33.7 Å². The van der Waals surface area contributed by atoms with Gasteiger partial charge in [0.25, 0.3) is 5.91 Å². The Morgan fingerprint density at radius 3 is 2.76 bits per heavy atom. The maximum atomic E-state index is 12.9. The SMILES string of the molecule is C=CCN1C(=O)[C@@](O)(CC(=O)c2c(C)coc2C)c2cc(Br)ccc21. The van der Waals surface area contributed by atoms with Crippen molar-refractivity contribution in [2.24, 2.45) is 0 Å². The van der Waals surface area contributed by atoms with E-state index >= 15 is 0 Å². The number of hydrogen-bond acceptors (Lipinski definition) is 4. The molecular formula is C19H18BrNO4. The van der Waals surface area contributed by atoms with E-state index in [1.807, 2.05) is 0 Å². The van der Waals surface area contributed by atoms with Crippen LogP contribution in [0.3, 0.4) is 0 Å². The van der Waals surface area contributed by atoms with Crippen LogP contribution >= 0.6 is 15.9 Å². The molecule has 1 aliphatic rings. The van der Waals surface area contributed by atoms with Crippen molar-refractivity contribution in [1.29, 1.82) is 0 Å². The van der Waals surface area contributed by atoms with Crippen LogP contribution in [0.4, 0.5) is 5.69 Å². The lowest BCUT2D eigenvalue weighted by Crippen LogP contribution is -2.42. The van der Waals surface area contributed by atoms with Crippen LogP contribution in [0.2, 0.25) is 0 Å². The van der Waals surface area contributed by atoms with E-state index in [0.29, 0.717) is 28.1 Å². The second kappa shape index (κ2) is 6.28. The molecule has 3 rings (SSSR count). The summed E-state index contributed by atoms with van der Waals surface area (Å²) in [5, 5.41) is 11.2. The zero-order valence-corrected chi connectivity index (χ0v) is 15.6. The Labute approximate surface area is 154 Å². The summed E-state index contributed by atoms with van der Waals surface area (Å²) in [4.78, 5) is 27.1. The zero-order valence-electron chi connectivity index (χ0n) is 14.0. The molecule has 1 N–H and O–H groups in total. The molecule has 5 nitrogen and oxygen atoms in total. The smallest absolute Gasteiger partial charge is 0.264 e. The molecule has 6 heteroatoms. The van der Waals surface area contributed by atoms with Crippen molar-refractivity contribution in [2.45, 2.75) is 25.9 Å². The van der Waals surface area contributed by atoms with Crippen molar-refractivity contribution in [3.63, 3.8) is 0 Å². The van der Waals surface area contributed by atoms with Crippen molar-refractivity contribution in [3.05, 3.63) is 64.0 Å². The van der Waals surface area contributed by atoms with Crippen molar-refractivity contribution in [2.75, 3.05) is 11.4 Å². The third kappa shape index (κ3) is 2.75. The van der Waals surface area contributed by atoms with Crippen LogP contribution < -0.4 is 4.90 Å². The molecule has 130 valence electrons. The Morgan fingerprint density at radius 2 is 2.16 bits per heavy atom. The summed E-state index contributed by atoms with van der Waals surface area (Å²) in [5.41, 5.74) is 0.203. The number of rotatable bonds is 5. The van der Waals surface area contributed by atoms with Crippen LogP contribution in [0.15, 0.2) is 46.0 Å². The third-order valence-electron chi connectivity index (χ3n) is 4.46. The van der Waals surface area contributed by atoms with Crippen molar-refractivity contribution >= 4 is 33.3 Å². The summed E-state index contributed by atoms with van der Waals surface area (Å²) in [7, 11) is 0. The fourth-order valence-electron chi connectivity index (χ4n) is 3.31. The Hall–Kier alpha value is -2.18. The number of carbonyl (C=O) groups is 2. The number of benzene rings is 1. The molecule has 0 fully saturated rings. The number of aryl methyl sites for hydroxylation is 2. The van der Waals surface area contributed by atoms with Gasteiger partial charge in [0.05, 0.1) is 23.9 Å². The minimum Gasteiger partial charge on any atom is -0.469 e. The number of furan rings is 1. The number of Topliss-reactive ketones (excluding diaryl/α,β-unsaturated/α-hetero) is 1. The van der Waals surface area contributed by atoms with E-state index in [1.165, 1.54) is 11.2 Å². The summed E-state index contributed by atoms with van der Waals surface area (Å²) in [6, 6.07) is 5.22. The second-order valence-electron chi connectivity index (χ2n) is 6.18. The molecule has 1 aromatic carbocycles. The molecule has 0 aliphatic carbocycles. The van der Waals surface area contributed by atoms with Crippen molar-refractivity contribution in [1.82, 2.24) is 0 Å². The molecule has 2 aromatic rings. The standard InChI is InChI=1S/C19H18BrNO4/c1-4-7-21-15-6-5-13(20)8-14(15)19(24,18(21)23)9-16(22)17-11(2)10-25-12(17)3/h4-6,8,10,24H,1,7,9H2,2-3H3/t19-/m1/s1. The van der Waals surface area contributed by atoms with Crippen LogP contribution in [-0.2, 0) is 10.4 Å². The largest absolute Gasteiger partial charge is 0.469 e. The topological polar surface area (TPSA) is 70.8 Å². The fourth-order valence-corrected chi connectivity index (χ4v) is 3.67. The highest BCUT2D eigenvalue weighted by Gasteiger charge is 2.51. The van der Waals surface area contributed by atoms with Gasteiger partial charge in [-0.05, 0) is 37.6 Å². The quantitative estimate of drug-likeness (QED) is 0.610. The second-order valence-corrected chi connectivity index (χ2v) is 7.09. The first-order valence-corrected chi connectivity index (χ1v) is 8.62. The number of amides is 1. The summed E-state index contributed by atoms with van der Waals surface area (Å²) in [5.74, 6) is -0.368. The molecular weight excluding hydrogens is 386 g/mol. The Morgan fingerprint density at radius 1 is 1.44 bits per heavy atom. The molecule has 25 heavy (non-hydrogen) atoms. The molecule has 0 saturated heterocycles. The first kappa shape index (κ1) is 17.6. The summed E-state index contributed by atoms with van der Waals surface area (Å²) < 4.78 is 5.99. The van der Waals surface area contributed by atoms with Crippen LogP contribution in [0.5, 0.6) is 0 Å². The van der Waals surface area contributed by atoms with Gasteiger partial charge in [-0.25, -0.2) is 0 Å². The fraction of sp³-hybridized carbons (Fsp3) is 0.263. The van der Waals surface area contributed by atoms with Gasteiger partial charge in [0.2, 0.25) is 0 Å². The van der Waals surface area contributed by atoms with E-state index in [2.05, 4.69) is 22.5 Å². The number of carbonyl (C=O) groups excluding carboxylic acids is 2. The van der Waals surface area contributed by atoms with Gasteiger partial charge < -0.3 is 14.4 Å². The molecule has 0 saturated carbocycles. The van der Waals surface area contributed by atoms with Gasteiger partial charge in [0, 0.05) is 16.6 Å². The Balaban J connectivity index is 2.05. The molecule has 1 aliphatic heterocycles. The average Bonchev–Trinajstić information content (AvgIpc) is 2.99. The number of ketones is 1. The minimum atomic E-state index is -1.91.